The zero-order valence-corrected chi connectivity index (χ0v) is 21.9. The van der Waals surface area contributed by atoms with Gasteiger partial charge in [-0.25, -0.2) is 0 Å². The molecule has 0 unspecified atom stereocenters. The molecule has 4 nitrogen and oxygen atoms in total. The van der Waals surface area contributed by atoms with Gasteiger partial charge in [-0.2, -0.15) is 0 Å². The molecule has 0 radical (unpaired) electrons. The fourth-order valence-electron chi connectivity index (χ4n) is 6.80. The standard InChI is InChI=1S/C35H24N2O2/c1-19-22-13-8-14-30(19)36-33-21(3)31(18-17-27(33)25-10-5-7-12-29(25)34(36)38)37-32-20(2)23(22)15-16-26(32)24-9-4-6-11-28(24)35(37)39/h4-18H,1-3H3. The number of nitrogens with zero attached hydrogens (tertiary/aromatic N) is 2. The predicted molar refractivity (Wildman–Crippen MR) is 161 cm³/mol. The molecule has 186 valence electrons. The van der Waals surface area contributed by atoms with Gasteiger partial charge in [0.25, 0.3) is 11.1 Å². The summed E-state index contributed by atoms with van der Waals surface area (Å²) in [5.41, 5.74) is 8.34. The van der Waals surface area contributed by atoms with Crippen LogP contribution in [0.15, 0.2) is 101 Å². The van der Waals surface area contributed by atoms with Crippen LogP contribution in [0.5, 0.6) is 0 Å². The van der Waals surface area contributed by atoms with Crippen LogP contribution < -0.4 is 11.1 Å². The quantitative estimate of drug-likeness (QED) is 0.201. The Bertz CT molecular complexity index is 2360. The van der Waals surface area contributed by atoms with Gasteiger partial charge in [-0.3, -0.25) is 18.7 Å². The van der Waals surface area contributed by atoms with Crippen LogP contribution in [-0.4, -0.2) is 9.13 Å². The molecule has 1 aliphatic rings. The molecule has 0 saturated carbocycles. The van der Waals surface area contributed by atoms with Crippen LogP contribution in [0.2, 0.25) is 0 Å². The van der Waals surface area contributed by atoms with Gasteiger partial charge in [0.05, 0.1) is 22.4 Å². The van der Waals surface area contributed by atoms with E-state index in [4.69, 9.17) is 0 Å². The van der Waals surface area contributed by atoms with Crippen molar-refractivity contribution >= 4 is 43.4 Å². The van der Waals surface area contributed by atoms with E-state index in [1.165, 1.54) is 0 Å². The van der Waals surface area contributed by atoms with E-state index in [9.17, 15) is 9.59 Å². The number of benzene rings is 5. The number of fused-ring (bicyclic) bond motifs is 11. The average molecular weight is 505 g/mol. The number of aryl methyl sites for hydroxylation is 2. The fraction of sp³-hybridized carbons (Fsp3) is 0.0857. The number of pyridine rings is 2. The molecule has 0 atom stereocenters. The van der Waals surface area contributed by atoms with Gasteiger partial charge in [-0.15, -0.1) is 0 Å². The lowest BCUT2D eigenvalue weighted by Crippen LogP contribution is -2.23. The topological polar surface area (TPSA) is 44.0 Å². The lowest BCUT2D eigenvalue weighted by molar-refractivity contribution is 1.01. The van der Waals surface area contributed by atoms with E-state index in [2.05, 4.69) is 38.1 Å². The molecule has 0 fully saturated rings. The summed E-state index contributed by atoms with van der Waals surface area (Å²) in [5, 5.41) is 5.25. The van der Waals surface area contributed by atoms with E-state index in [0.29, 0.717) is 10.8 Å². The van der Waals surface area contributed by atoms with Crippen LogP contribution in [0.4, 0.5) is 0 Å². The first-order valence-corrected chi connectivity index (χ1v) is 13.2. The molecule has 0 aliphatic carbocycles. The molecule has 1 aliphatic heterocycles. The summed E-state index contributed by atoms with van der Waals surface area (Å²) in [6.45, 7) is 6.23. The summed E-state index contributed by atoms with van der Waals surface area (Å²) >= 11 is 0. The Morgan fingerprint density at radius 3 is 1.51 bits per heavy atom. The zero-order valence-electron chi connectivity index (χ0n) is 21.9. The van der Waals surface area contributed by atoms with Crippen LogP contribution in [0.1, 0.15) is 16.7 Å². The van der Waals surface area contributed by atoms with Crippen molar-refractivity contribution in [2.75, 3.05) is 0 Å². The van der Waals surface area contributed by atoms with Crippen molar-refractivity contribution in [2.24, 2.45) is 0 Å². The molecule has 39 heavy (non-hydrogen) atoms. The fourth-order valence-corrected chi connectivity index (χ4v) is 6.80. The molecule has 0 spiro atoms. The zero-order chi connectivity index (χ0) is 26.6. The van der Waals surface area contributed by atoms with Crippen molar-refractivity contribution in [3.05, 3.63) is 128 Å². The van der Waals surface area contributed by atoms with Gasteiger partial charge in [-0.05, 0) is 83.6 Å². The SMILES string of the molecule is Cc1c2cccc1-n1c(=O)c3ccccc3c3ccc(c(C)c31)-n1c(=O)c3ccccc3c3ccc-2c(C)c31. The molecular formula is C35H24N2O2. The van der Waals surface area contributed by atoms with Gasteiger partial charge in [0, 0.05) is 21.5 Å². The molecule has 5 aromatic carbocycles. The van der Waals surface area contributed by atoms with Gasteiger partial charge < -0.3 is 0 Å². The summed E-state index contributed by atoms with van der Waals surface area (Å²) < 4.78 is 3.74. The third kappa shape index (κ3) is 2.68. The van der Waals surface area contributed by atoms with E-state index < -0.39 is 0 Å². The normalized spacial score (nSPS) is 12.2. The molecule has 3 heterocycles. The summed E-state index contributed by atoms with van der Waals surface area (Å²) in [6.07, 6.45) is 0. The van der Waals surface area contributed by atoms with E-state index in [1.807, 2.05) is 82.8 Å². The van der Waals surface area contributed by atoms with Gasteiger partial charge >= 0.3 is 0 Å². The first-order valence-electron chi connectivity index (χ1n) is 13.2. The van der Waals surface area contributed by atoms with Crippen LogP contribution in [-0.2, 0) is 0 Å². The van der Waals surface area contributed by atoms with Gasteiger partial charge in [0.2, 0.25) is 0 Å². The molecule has 8 rings (SSSR count). The first kappa shape index (κ1) is 22.1. The van der Waals surface area contributed by atoms with Crippen molar-refractivity contribution in [1.82, 2.24) is 9.13 Å². The predicted octanol–water partition coefficient (Wildman–Crippen LogP) is 7.51. The van der Waals surface area contributed by atoms with Crippen molar-refractivity contribution < 1.29 is 0 Å². The highest BCUT2D eigenvalue weighted by Gasteiger charge is 2.23. The van der Waals surface area contributed by atoms with Crippen LogP contribution in [0.25, 0.3) is 65.9 Å². The van der Waals surface area contributed by atoms with Crippen molar-refractivity contribution in [3.8, 4) is 22.5 Å². The van der Waals surface area contributed by atoms with E-state index >= 15 is 0 Å². The molecular weight excluding hydrogens is 480 g/mol. The Labute approximate surface area is 224 Å². The smallest absolute Gasteiger partial charge is 0.263 e. The summed E-state index contributed by atoms with van der Waals surface area (Å²) in [7, 11) is 0. The maximum absolute atomic E-state index is 14.3. The van der Waals surface area contributed by atoms with E-state index in [-0.39, 0.29) is 11.1 Å². The Balaban J connectivity index is 1.76. The van der Waals surface area contributed by atoms with Crippen LogP contribution in [0, 0.1) is 20.8 Å². The van der Waals surface area contributed by atoms with Gasteiger partial charge in [0.15, 0.2) is 0 Å². The number of aromatic nitrogens is 2. The summed E-state index contributed by atoms with van der Waals surface area (Å²) in [4.78, 5) is 28.6. The Morgan fingerprint density at radius 2 is 0.897 bits per heavy atom. The maximum Gasteiger partial charge on any atom is 0.263 e. The monoisotopic (exact) mass is 504 g/mol. The lowest BCUT2D eigenvalue weighted by Gasteiger charge is -2.20. The third-order valence-corrected chi connectivity index (χ3v) is 8.66. The third-order valence-electron chi connectivity index (χ3n) is 8.66. The molecule has 0 N–H and O–H groups in total. The second kappa shape index (κ2) is 7.55. The highest BCUT2D eigenvalue weighted by molar-refractivity contribution is 6.11. The minimum absolute atomic E-state index is 0.0573. The summed E-state index contributed by atoms with van der Waals surface area (Å²) in [5.74, 6) is 0. The van der Waals surface area contributed by atoms with Gasteiger partial charge in [-0.1, -0.05) is 66.7 Å². The molecule has 6 bridgehead atoms. The Hall–Kier alpha value is -4.96. The number of hydrogen-bond acceptors (Lipinski definition) is 2. The Morgan fingerprint density at radius 1 is 0.410 bits per heavy atom. The highest BCUT2D eigenvalue weighted by Crippen LogP contribution is 2.39. The van der Waals surface area contributed by atoms with Crippen molar-refractivity contribution in [3.63, 3.8) is 0 Å². The first-order chi connectivity index (χ1) is 19.0. The average Bonchev–Trinajstić information content (AvgIpc) is 2.95. The second-order valence-corrected chi connectivity index (χ2v) is 10.6. The lowest BCUT2D eigenvalue weighted by atomic mass is 9.92. The largest absolute Gasteiger partial charge is 0.276 e. The van der Waals surface area contributed by atoms with Crippen molar-refractivity contribution in [1.29, 1.82) is 0 Å². The van der Waals surface area contributed by atoms with E-state index in [0.717, 1.165) is 71.8 Å². The van der Waals surface area contributed by atoms with E-state index in [1.54, 1.807) is 0 Å². The maximum atomic E-state index is 14.3. The minimum Gasteiger partial charge on any atom is -0.276 e. The molecule has 0 saturated heterocycles. The second-order valence-electron chi connectivity index (χ2n) is 10.6. The van der Waals surface area contributed by atoms with Crippen LogP contribution >= 0.6 is 0 Å². The molecule has 4 heteroatoms. The molecule has 7 aromatic rings. The summed E-state index contributed by atoms with van der Waals surface area (Å²) in [6, 6.07) is 30.2. The Kier molecular flexibility index (Phi) is 4.27. The number of hydrogen-bond donors (Lipinski definition) is 0. The number of rotatable bonds is 0. The van der Waals surface area contributed by atoms with Crippen molar-refractivity contribution in [2.45, 2.75) is 20.8 Å². The molecule has 0 amide bonds. The van der Waals surface area contributed by atoms with Crippen LogP contribution in [0.3, 0.4) is 0 Å². The van der Waals surface area contributed by atoms with Gasteiger partial charge in [0.1, 0.15) is 0 Å². The minimum atomic E-state index is -0.0581. The highest BCUT2D eigenvalue weighted by atomic mass is 16.1. The molecule has 2 aromatic heterocycles.